The van der Waals surface area contributed by atoms with Crippen molar-refractivity contribution in [3.05, 3.63) is 62.2 Å². The van der Waals surface area contributed by atoms with E-state index < -0.39 is 5.91 Å². The van der Waals surface area contributed by atoms with Crippen molar-refractivity contribution in [2.75, 3.05) is 19.6 Å². The van der Waals surface area contributed by atoms with Gasteiger partial charge in [-0.15, -0.1) is 11.3 Å². The lowest BCUT2D eigenvalue weighted by Crippen LogP contribution is -2.41. The fourth-order valence-corrected chi connectivity index (χ4v) is 4.52. The van der Waals surface area contributed by atoms with Crippen LogP contribution in [0.5, 0.6) is 0 Å². The number of thiophene rings is 1. The van der Waals surface area contributed by atoms with Gasteiger partial charge in [0.05, 0.1) is 11.4 Å². The van der Waals surface area contributed by atoms with Gasteiger partial charge in [-0.05, 0) is 55.3 Å². The molecule has 30 heavy (non-hydrogen) atoms. The Kier molecular flexibility index (Phi) is 7.07. The first-order valence-corrected chi connectivity index (χ1v) is 10.9. The van der Waals surface area contributed by atoms with E-state index in [4.69, 9.17) is 0 Å². The minimum atomic E-state index is -0.395. The SMILES string of the molecule is Cc1cc(C)cc(C(=O)NCC(=O)NCCN2C(=O)S/C(=C\c3cccs3)C2=O)c1. The van der Waals surface area contributed by atoms with Gasteiger partial charge in [-0.2, -0.15) is 0 Å². The first-order valence-electron chi connectivity index (χ1n) is 9.25. The Bertz CT molecular complexity index is 995. The number of amides is 4. The molecule has 3 rings (SSSR count). The summed E-state index contributed by atoms with van der Waals surface area (Å²) < 4.78 is 0. The highest BCUT2D eigenvalue weighted by Crippen LogP contribution is 2.32. The van der Waals surface area contributed by atoms with Gasteiger partial charge < -0.3 is 10.6 Å². The molecule has 2 heterocycles. The zero-order chi connectivity index (χ0) is 21.7. The van der Waals surface area contributed by atoms with Gasteiger partial charge in [0.15, 0.2) is 0 Å². The van der Waals surface area contributed by atoms with Crippen LogP contribution in [0.3, 0.4) is 0 Å². The van der Waals surface area contributed by atoms with Crippen molar-refractivity contribution in [2.24, 2.45) is 0 Å². The minimum Gasteiger partial charge on any atom is -0.353 e. The molecule has 0 saturated carbocycles. The van der Waals surface area contributed by atoms with Crippen LogP contribution in [0.1, 0.15) is 26.4 Å². The Hall–Kier alpha value is -2.91. The smallest absolute Gasteiger partial charge is 0.293 e. The van der Waals surface area contributed by atoms with Crippen molar-refractivity contribution in [2.45, 2.75) is 13.8 Å². The van der Waals surface area contributed by atoms with Crippen LogP contribution < -0.4 is 10.6 Å². The number of nitrogens with one attached hydrogen (secondary N) is 2. The predicted octanol–water partition coefficient (Wildman–Crippen LogP) is 2.95. The van der Waals surface area contributed by atoms with Crippen LogP contribution in [0.15, 0.2) is 40.6 Å². The van der Waals surface area contributed by atoms with E-state index in [0.29, 0.717) is 10.5 Å². The van der Waals surface area contributed by atoms with Gasteiger partial charge in [0.2, 0.25) is 5.91 Å². The summed E-state index contributed by atoms with van der Waals surface area (Å²) in [5.41, 5.74) is 2.43. The Labute approximate surface area is 182 Å². The zero-order valence-corrected chi connectivity index (χ0v) is 18.2. The van der Waals surface area contributed by atoms with Crippen LogP contribution in [0, 0.1) is 13.8 Å². The Morgan fingerprint density at radius 1 is 1.10 bits per heavy atom. The van der Waals surface area contributed by atoms with Crippen molar-refractivity contribution < 1.29 is 19.2 Å². The topological polar surface area (TPSA) is 95.6 Å². The molecule has 0 bridgehead atoms. The summed E-state index contributed by atoms with van der Waals surface area (Å²) in [6.07, 6.45) is 1.69. The number of hydrogen-bond donors (Lipinski definition) is 2. The zero-order valence-electron chi connectivity index (χ0n) is 16.6. The lowest BCUT2D eigenvalue weighted by atomic mass is 10.1. The average Bonchev–Trinajstić information content (AvgIpc) is 3.29. The number of rotatable bonds is 7. The number of carbonyl (C=O) groups excluding carboxylic acids is 4. The van der Waals surface area contributed by atoms with E-state index in [1.165, 1.54) is 11.3 Å². The highest BCUT2D eigenvalue weighted by Gasteiger charge is 2.34. The maximum absolute atomic E-state index is 12.4. The van der Waals surface area contributed by atoms with Crippen LogP contribution in [-0.4, -0.2) is 47.5 Å². The molecule has 1 aromatic carbocycles. The minimum absolute atomic E-state index is 0.0726. The van der Waals surface area contributed by atoms with E-state index in [1.54, 1.807) is 18.2 Å². The second-order valence-corrected chi connectivity index (χ2v) is 8.73. The third-order valence-corrected chi connectivity index (χ3v) is 5.97. The van der Waals surface area contributed by atoms with E-state index >= 15 is 0 Å². The Morgan fingerprint density at radius 3 is 2.50 bits per heavy atom. The number of carbonyl (C=O) groups is 4. The van der Waals surface area contributed by atoms with Crippen LogP contribution >= 0.6 is 23.1 Å². The van der Waals surface area contributed by atoms with E-state index in [9.17, 15) is 19.2 Å². The van der Waals surface area contributed by atoms with Crippen molar-refractivity contribution in [1.29, 1.82) is 0 Å². The molecule has 2 N–H and O–H groups in total. The molecule has 0 spiro atoms. The molecular weight excluding hydrogens is 422 g/mol. The summed E-state index contributed by atoms with van der Waals surface area (Å²) in [5.74, 6) is -1.09. The molecule has 1 saturated heterocycles. The first-order chi connectivity index (χ1) is 14.3. The van der Waals surface area contributed by atoms with Gasteiger partial charge >= 0.3 is 0 Å². The number of nitrogens with zero attached hydrogens (tertiary/aromatic N) is 1. The molecule has 1 aromatic heterocycles. The molecule has 156 valence electrons. The molecular formula is C21H21N3O4S2. The molecule has 2 aromatic rings. The Balaban J connectivity index is 1.44. The summed E-state index contributed by atoms with van der Waals surface area (Å²) in [6, 6.07) is 9.21. The molecule has 0 unspecified atom stereocenters. The van der Waals surface area contributed by atoms with Gasteiger partial charge in [0, 0.05) is 23.5 Å². The molecule has 0 atom stereocenters. The number of thioether (sulfide) groups is 1. The van der Waals surface area contributed by atoms with Gasteiger partial charge in [-0.3, -0.25) is 24.1 Å². The number of benzene rings is 1. The fraction of sp³-hybridized carbons (Fsp3) is 0.238. The molecule has 1 aliphatic rings. The normalized spacial score (nSPS) is 15.0. The third-order valence-electron chi connectivity index (χ3n) is 4.24. The van der Waals surface area contributed by atoms with Crippen LogP contribution in [0.4, 0.5) is 4.79 Å². The maximum Gasteiger partial charge on any atom is 0.293 e. The standard InChI is InChI=1S/C21H21N3O4S2/c1-13-8-14(2)10-15(9-13)19(26)23-12-18(25)22-5-6-24-20(27)17(30-21(24)28)11-16-4-3-7-29-16/h3-4,7-11H,5-6,12H2,1-2H3,(H,22,25)(H,23,26)/b17-11-. The monoisotopic (exact) mass is 443 g/mol. The summed E-state index contributed by atoms with van der Waals surface area (Å²) in [4.78, 5) is 51.0. The molecule has 7 nitrogen and oxygen atoms in total. The van der Waals surface area contributed by atoms with Crippen molar-refractivity contribution in [3.63, 3.8) is 0 Å². The van der Waals surface area contributed by atoms with E-state index in [0.717, 1.165) is 32.7 Å². The van der Waals surface area contributed by atoms with Crippen molar-refractivity contribution >= 4 is 52.1 Å². The van der Waals surface area contributed by atoms with Crippen LogP contribution in [0.2, 0.25) is 0 Å². The number of imide groups is 1. The third kappa shape index (κ3) is 5.58. The lowest BCUT2D eigenvalue weighted by Gasteiger charge is -2.13. The maximum atomic E-state index is 12.4. The second kappa shape index (κ2) is 9.73. The van der Waals surface area contributed by atoms with E-state index in [1.807, 2.05) is 37.4 Å². The van der Waals surface area contributed by atoms with Crippen molar-refractivity contribution in [3.8, 4) is 0 Å². The van der Waals surface area contributed by atoms with Gasteiger partial charge in [-0.1, -0.05) is 23.3 Å². The largest absolute Gasteiger partial charge is 0.353 e. The predicted molar refractivity (Wildman–Crippen MR) is 118 cm³/mol. The second-order valence-electron chi connectivity index (χ2n) is 6.76. The molecule has 1 fully saturated rings. The summed E-state index contributed by atoms with van der Waals surface area (Å²) in [6.45, 7) is 3.80. The molecule has 0 aliphatic carbocycles. The number of aryl methyl sites for hydroxylation is 2. The van der Waals surface area contributed by atoms with Gasteiger partial charge in [0.25, 0.3) is 17.1 Å². The molecule has 1 aliphatic heterocycles. The Morgan fingerprint density at radius 2 is 1.83 bits per heavy atom. The summed E-state index contributed by atoms with van der Waals surface area (Å²) >= 11 is 2.37. The van der Waals surface area contributed by atoms with Crippen LogP contribution in [0.25, 0.3) is 6.08 Å². The van der Waals surface area contributed by atoms with Gasteiger partial charge in [-0.25, -0.2) is 0 Å². The highest BCUT2D eigenvalue weighted by molar-refractivity contribution is 8.18. The molecule has 0 radical (unpaired) electrons. The fourth-order valence-electron chi connectivity index (χ4n) is 2.93. The highest BCUT2D eigenvalue weighted by atomic mass is 32.2. The first kappa shape index (κ1) is 21.8. The summed E-state index contributed by atoms with van der Waals surface area (Å²) in [7, 11) is 0. The van der Waals surface area contributed by atoms with E-state index in [2.05, 4.69) is 10.6 Å². The van der Waals surface area contributed by atoms with Gasteiger partial charge in [0.1, 0.15) is 0 Å². The quantitative estimate of drug-likeness (QED) is 0.642. The van der Waals surface area contributed by atoms with Crippen molar-refractivity contribution in [1.82, 2.24) is 15.5 Å². The number of hydrogen-bond acceptors (Lipinski definition) is 6. The molecule has 9 heteroatoms. The van der Waals surface area contributed by atoms with Crippen LogP contribution in [-0.2, 0) is 9.59 Å². The van der Waals surface area contributed by atoms with E-state index in [-0.39, 0.29) is 36.7 Å². The average molecular weight is 444 g/mol. The lowest BCUT2D eigenvalue weighted by molar-refractivity contribution is -0.124. The molecule has 4 amide bonds. The summed E-state index contributed by atoms with van der Waals surface area (Å²) in [5, 5.41) is 6.72.